The van der Waals surface area contributed by atoms with Crippen LogP contribution in [-0.4, -0.2) is 27.4 Å². The third kappa shape index (κ3) is 4.60. The van der Waals surface area contributed by atoms with Gasteiger partial charge in [-0.05, 0) is 50.8 Å². The largest absolute Gasteiger partial charge is 0.352 e. The van der Waals surface area contributed by atoms with E-state index in [2.05, 4.69) is 15.6 Å². The van der Waals surface area contributed by atoms with Crippen molar-refractivity contribution in [1.29, 1.82) is 0 Å². The van der Waals surface area contributed by atoms with Crippen LogP contribution in [0.4, 0.5) is 5.69 Å². The Morgan fingerprint density at radius 2 is 1.91 bits per heavy atom. The predicted octanol–water partition coefficient (Wildman–Crippen LogP) is 4.08. The van der Waals surface area contributed by atoms with Crippen molar-refractivity contribution in [3.63, 3.8) is 0 Å². The van der Waals surface area contributed by atoms with E-state index in [0.29, 0.717) is 20.7 Å². The van der Waals surface area contributed by atoms with Crippen molar-refractivity contribution in [1.82, 2.24) is 14.9 Å². The Bertz CT molecular complexity index is 1240. The third-order valence-corrected chi connectivity index (χ3v) is 7.24. The van der Waals surface area contributed by atoms with Crippen LogP contribution in [-0.2, 0) is 11.3 Å². The second-order valence-electron chi connectivity index (χ2n) is 8.59. The van der Waals surface area contributed by atoms with Gasteiger partial charge in [-0.25, -0.2) is 4.98 Å². The Hall–Kier alpha value is -3.00. The Labute approximate surface area is 190 Å². The van der Waals surface area contributed by atoms with Crippen LogP contribution in [0.1, 0.15) is 58.5 Å². The zero-order valence-electron chi connectivity index (χ0n) is 18.7. The van der Waals surface area contributed by atoms with Gasteiger partial charge in [-0.1, -0.05) is 37.0 Å². The zero-order valence-corrected chi connectivity index (χ0v) is 19.5. The van der Waals surface area contributed by atoms with Crippen LogP contribution in [0.5, 0.6) is 0 Å². The molecule has 1 fully saturated rings. The second kappa shape index (κ2) is 9.24. The van der Waals surface area contributed by atoms with Crippen LogP contribution in [0, 0.1) is 20.8 Å². The molecule has 4 rings (SSSR count). The van der Waals surface area contributed by atoms with Gasteiger partial charge in [0.05, 0.1) is 16.6 Å². The lowest BCUT2D eigenvalue weighted by molar-refractivity contribution is -0.122. The highest BCUT2D eigenvalue weighted by molar-refractivity contribution is 7.20. The first-order valence-corrected chi connectivity index (χ1v) is 11.8. The van der Waals surface area contributed by atoms with Gasteiger partial charge in [0, 0.05) is 11.7 Å². The standard InChI is InChI=1S/C24H28N4O3S/c1-14-9-10-18(15(2)11-14)27-22(30)21-16(3)20-23(32-21)25-13-28(24(20)31)12-19(29)26-17-7-5-4-6-8-17/h9-11,13,17H,4-8,12H2,1-3H3,(H,26,29)(H,27,30). The molecular formula is C24H28N4O3S. The summed E-state index contributed by atoms with van der Waals surface area (Å²) in [6.07, 6.45) is 6.83. The highest BCUT2D eigenvalue weighted by Gasteiger charge is 2.21. The van der Waals surface area contributed by atoms with Crippen molar-refractivity contribution in [2.75, 3.05) is 5.32 Å². The van der Waals surface area contributed by atoms with E-state index in [9.17, 15) is 14.4 Å². The number of aryl methyl sites for hydroxylation is 3. The van der Waals surface area contributed by atoms with E-state index >= 15 is 0 Å². The number of hydrogen-bond donors (Lipinski definition) is 2. The molecule has 2 heterocycles. The van der Waals surface area contributed by atoms with Crippen molar-refractivity contribution < 1.29 is 9.59 Å². The number of aromatic nitrogens is 2. The maximum Gasteiger partial charge on any atom is 0.266 e. The smallest absolute Gasteiger partial charge is 0.266 e. The number of carbonyl (C=O) groups is 2. The van der Waals surface area contributed by atoms with Crippen LogP contribution in [0.25, 0.3) is 10.2 Å². The monoisotopic (exact) mass is 452 g/mol. The molecule has 1 aliphatic carbocycles. The molecule has 0 aliphatic heterocycles. The van der Waals surface area contributed by atoms with E-state index in [0.717, 1.165) is 42.5 Å². The fourth-order valence-electron chi connectivity index (χ4n) is 4.30. The summed E-state index contributed by atoms with van der Waals surface area (Å²) in [5, 5.41) is 6.36. The number of nitrogens with one attached hydrogen (secondary N) is 2. The van der Waals surface area contributed by atoms with Crippen molar-refractivity contribution >= 4 is 39.1 Å². The van der Waals surface area contributed by atoms with Gasteiger partial charge >= 0.3 is 0 Å². The van der Waals surface area contributed by atoms with Gasteiger partial charge < -0.3 is 10.6 Å². The van der Waals surface area contributed by atoms with Gasteiger partial charge in [0.25, 0.3) is 11.5 Å². The van der Waals surface area contributed by atoms with E-state index in [1.165, 1.54) is 28.7 Å². The molecule has 7 nitrogen and oxygen atoms in total. The van der Waals surface area contributed by atoms with Gasteiger partial charge in [-0.2, -0.15) is 0 Å². The fraction of sp³-hybridized carbons (Fsp3) is 0.417. The Balaban J connectivity index is 1.55. The summed E-state index contributed by atoms with van der Waals surface area (Å²) in [6, 6.07) is 6.01. The lowest BCUT2D eigenvalue weighted by Gasteiger charge is -2.22. The first kappa shape index (κ1) is 22.2. The van der Waals surface area contributed by atoms with Crippen LogP contribution >= 0.6 is 11.3 Å². The zero-order chi connectivity index (χ0) is 22.8. The molecule has 0 spiro atoms. The molecule has 0 radical (unpaired) electrons. The van der Waals surface area contributed by atoms with Gasteiger partial charge in [-0.15, -0.1) is 11.3 Å². The molecule has 2 amide bonds. The second-order valence-corrected chi connectivity index (χ2v) is 9.59. The Morgan fingerprint density at radius 1 is 1.16 bits per heavy atom. The number of fused-ring (bicyclic) bond motifs is 1. The maximum atomic E-state index is 13.1. The van der Waals surface area contributed by atoms with Crippen LogP contribution in [0.2, 0.25) is 0 Å². The molecule has 32 heavy (non-hydrogen) atoms. The van der Waals surface area contributed by atoms with E-state index < -0.39 is 0 Å². The number of amides is 2. The van der Waals surface area contributed by atoms with Gasteiger partial charge in [-0.3, -0.25) is 19.0 Å². The molecule has 2 aromatic heterocycles. The topological polar surface area (TPSA) is 93.1 Å². The number of thiophene rings is 1. The molecule has 0 atom stereocenters. The Kier molecular flexibility index (Phi) is 6.41. The van der Waals surface area contributed by atoms with E-state index in [1.54, 1.807) is 6.92 Å². The quantitative estimate of drug-likeness (QED) is 0.610. The highest BCUT2D eigenvalue weighted by atomic mass is 32.1. The van der Waals surface area contributed by atoms with Gasteiger partial charge in [0.2, 0.25) is 5.91 Å². The van der Waals surface area contributed by atoms with Crippen molar-refractivity contribution in [3.05, 3.63) is 56.4 Å². The van der Waals surface area contributed by atoms with Crippen molar-refractivity contribution in [2.45, 2.75) is 65.5 Å². The SMILES string of the molecule is Cc1ccc(NC(=O)c2sc3ncn(CC(=O)NC4CCCCC4)c(=O)c3c2C)c(C)c1. The molecule has 1 aliphatic rings. The molecule has 3 aromatic rings. The van der Waals surface area contributed by atoms with Crippen LogP contribution in [0.3, 0.4) is 0 Å². The summed E-state index contributed by atoms with van der Waals surface area (Å²) in [5.74, 6) is -0.445. The predicted molar refractivity (Wildman–Crippen MR) is 128 cm³/mol. The summed E-state index contributed by atoms with van der Waals surface area (Å²) in [4.78, 5) is 43.8. The van der Waals surface area contributed by atoms with Crippen molar-refractivity contribution in [2.24, 2.45) is 0 Å². The Morgan fingerprint density at radius 3 is 2.62 bits per heavy atom. The molecule has 8 heteroatoms. The summed E-state index contributed by atoms with van der Waals surface area (Å²) in [6.45, 7) is 5.63. The molecule has 2 N–H and O–H groups in total. The van der Waals surface area contributed by atoms with E-state index in [-0.39, 0.29) is 30.0 Å². The number of carbonyl (C=O) groups excluding carboxylic acids is 2. The van der Waals surface area contributed by atoms with Gasteiger partial charge in [0.1, 0.15) is 11.4 Å². The van der Waals surface area contributed by atoms with Crippen LogP contribution in [0.15, 0.2) is 29.3 Å². The van der Waals surface area contributed by atoms with Gasteiger partial charge in [0.15, 0.2) is 0 Å². The maximum absolute atomic E-state index is 13.1. The van der Waals surface area contributed by atoms with Crippen LogP contribution < -0.4 is 16.2 Å². The average molecular weight is 453 g/mol. The summed E-state index contributed by atoms with van der Waals surface area (Å²) < 4.78 is 1.33. The molecule has 168 valence electrons. The highest BCUT2D eigenvalue weighted by Crippen LogP contribution is 2.28. The molecular weight excluding hydrogens is 424 g/mol. The first-order valence-electron chi connectivity index (χ1n) is 11.0. The normalized spacial score (nSPS) is 14.5. The molecule has 0 unspecified atom stereocenters. The average Bonchev–Trinajstić information content (AvgIpc) is 3.10. The number of nitrogens with zero attached hydrogens (tertiary/aromatic N) is 2. The minimum absolute atomic E-state index is 0.0718. The third-order valence-electron chi connectivity index (χ3n) is 6.04. The number of hydrogen-bond acceptors (Lipinski definition) is 5. The molecule has 0 saturated heterocycles. The number of anilines is 1. The molecule has 1 aromatic carbocycles. The summed E-state index contributed by atoms with van der Waals surface area (Å²) in [7, 11) is 0. The number of benzene rings is 1. The molecule has 0 bridgehead atoms. The lowest BCUT2D eigenvalue weighted by atomic mass is 9.95. The van der Waals surface area contributed by atoms with E-state index in [4.69, 9.17) is 0 Å². The van der Waals surface area contributed by atoms with Crippen molar-refractivity contribution in [3.8, 4) is 0 Å². The summed E-state index contributed by atoms with van der Waals surface area (Å²) in [5.41, 5.74) is 3.12. The summed E-state index contributed by atoms with van der Waals surface area (Å²) >= 11 is 1.19. The fourth-order valence-corrected chi connectivity index (χ4v) is 5.33. The number of rotatable bonds is 5. The first-order chi connectivity index (χ1) is 15.3. The molecule has 1 saturated carbocycles. The lowest BCUT2D eigenvalue weighted by Crippen LogP contribution is -2.39. The minimum atomic E-state index is -0.298. The minimum Gasteiger partial charge on any atom is -0.352 e. The van der Waals surface area contributed by atoms with E-state index in [1.807, 2.05) is 32.0 Å².